The van der Waals surface area contributed by atoms with Gasteiger partial charge in [0, 0.05) is 19.2 Å². The van der Waals surface area contributed by atoms with Gasteiger partial charge in [0.2, 0.25) is 0 Å². The predicted molar refractivity (Wildman–Crippen MR) is 88.8 cm³/mol. The van der Waals surface area contributed by atoms with E-state index in [1.165, 1.54) is 30.0 Å². The van der Waals surface area contributed by atoms with E-state index in [-0.39, 0.29) is 17.3 Å². The highest BCUT2D eigenvalue weighted by atomic mass is 16.2. The number of para-hydroxylation sites is 1. The molecule has 2 unspecified atom stereocenters. The van der Waals surface area contributed by atoms with E-state index in [9.17, 15) is 9.59 Å². The molecule has 0 radical (unpaired) electrons. The van der Waals surface area contributed by atoms with Crippen LogP contribution in [-0.2, 0) is 0 Å². The molecule has 24 heavy (non-hydrogen) atoms. The molecule has 1 aliphatic heterocycles. The molecule has 2 N–H and O–H groups in total. The number of rotatable bonds is 3. The molecular formula is C18H20N4O2. The van der Waals surface area contributed by atoms with Crippen molar-refractivity contribution >= 4 is 11.8 Å². The van der Waals surface area contributed by atoms with Crippen LogP contribution in [0.15, 0.2) is 36.4 Å². The van der Waals surface area contributed by atoms with Gasteiger partial charge in [-0.3, -0.25) is 9.59 Å². The Balaban J connectivity index is 1.64. The minimum absolute atomic E-state index is 0.110. The molecule has 2 fully saturated rings. The van der Waals surface area contributed by atoms with E-state index >= 15 is 0 Å². The summed E-state index contributed by atoms with van der Waals surface area (Å²) in [5, 5.41) is 4.36. The average Bonchev–Trinajstić information content (AvgIpc) is 3.28. The first-order valence-corrected chi connectivity index (χ1v) is 8.38. The standard InChI is InChI=1S/C18H20N4O2/c19-17(23)16-9-15(20-22(16)14-7-2-1-3-8-14)18(24)21-10-12-5-4-6-13(12)11-21/h1-3,7-9,12-13H,4-6,10-11H2,(H2,19,23). The summed E-state index contributed by atoms with van der Waals surface area (Å²) in [6.07, 6.45) is 3.69. The van der Waals surface area contributed by atoms with Crippen molar-refractivity contribution in [2.45, 2.75) is 19.3 Å². The van der Waals surface area contributed by atoms with Gasteiger partial charge in [-0.15, -0.1) is 0 Å². The highest BCUT2D eigenvalue weighted by Gasteiger charge is 2.39. The zero-order valence-electron chi connectivity index (χ0n) is 13.4. The van der Waals surface area contributed by atoms with Gasteiger partial charge in [0.1, 0.15) is 5.69 Å². The molecule has 1 aliphatic carbocycles. The summed E-state index contributed by atoms with van der Waals surface area (Å²) in [6.45, 7) is 1.60. The van der Waals surface area contributed by atoms with Gasteiger partial charge in [-0.2, -0.15) is 5.10 Å². The first-order valence-electron chi connectivity index (χ1n) is 8.38. The Kier molecular flexibility index (Phi) is 3.59. The Morgan fingerprint density at radius 1 is 1.08 bits per heavy atom. The molecular weight excluding hydrogens is 304 g/mol. The molecule has 1 aromatic carbocycles. The third kappa shape index (κ3) is 2.48. The summed E-state index contributed by atoms with van der Waals surface area (Å²) in [4.78, 5) is 26.4. The maximum Gasteiger partial charge on any atom is 0.274 e. The van der Waals surface area contributed by atoms with Crippen molar-refractivity contribution in [2.24, 2.45) is 17.6 Å². The number of primary amides is 1. The van der Waals surface area contributed by atoms with Gasteiger partial charge < -0.3 is 10.6 Å². The van der Waals surface area contributed by atoms with Crippen LogP contribution in [0.3, 0.4) is 0 Å². The lowest BCUT2D eigenvalue weighted by Crippen LogP contribution is -2.29. The molecule has 0 spiro atoms. The highest BCUT2D eigenvalue weighted by molar-refractivity contribution is 5.97. The van der Waals surface area contributed by atoms with E-state index in [1.54, 1.807) is 0 Å². The van der Waals surface area contributed by atoms with Crippen molar-refractivity contribution in [3.05, 3.63) is 47.8 Å². The fourth-order valence-corrected chi connectivity index (χ4v) is 3.99. The molecule has 4 rings (SSSR count). The van der Waals surface area contributed by atoms with E-state index in [4.69, 9.17) is 5.73 Å². The predicted octanol–water partition coefficient (Wildman–Crippen LogP) is 1.84. The Morgan fingerprint density at radius 3 is 2.38 bits per heavy atom. The molecule has 1 saturated heterocycles. The normalized spacial score (nSPS) is 22.6. The van der Waals surface area contributed by atoms with Crippen LogP contribution in [0, 0.1) is 11.8 Å². The van der Waals surface area contributed by atoms with E-state index in [1.807, 2.05) is 35.2 Å². The molecule has 2 amide bonds. The fourth-order valence-electron chi connectivity index (χ4n) is 3.99. The van der Waals surface area contributed by atoms with E-state index in [2.05, 4.69) is 5.10 Å². The van der Waals surface area contributed by atoms with Crippen LogP contribution in [0.4, 0.5) is 0 Å². The zero-order chi connectivity index (χ0) is 16.7. The Bertz CT molecular complexity index is 772. The minimum atomic E-state index is -0.594. The SMILES string of the molecule is NC(=O)c1cc(C(=O)N2CC3CCCC3C2)nn1-c1ccccc1. The summed E-state index contributed by atoms with van der Waals surface area (Å²) in [6, 6.07) is 10.7. The second-order valence-electron chi connectivity index (χ2n) is 6.69. The Labute approximate surface area is 140 Å². The molecule has 1 saturated carbocycles. The lowest BCUT2D eigenvalue weighted by molar-refractivity contribution is 0.0774. The molecule has 0 bridgehead atoms. The summed E-state index contributed by atoms with van der Waals surface area (Å²) < 4.78 is 1.45. The number of hydrogen-bond donors (Lipinski definition) is 1. The van der Waals surface area contributed by atoms with Crippen molar-refractivity contribution in [3.63, 3.8) is 0 Å². The largest absolute Gasteiger partial charge is 0.364 e. The average molecular weight is 324 g/mol. The maximum atomic E-state index is 12.8. The topological polar surface area (TPSA) is 81.2 Å². The number of nitrogens with zero attached hydrogens (tertiary/aromatic N) is 3. The van der Waals surface area contributed by atoms with Gasteiger partial charge in [-0.25, -0.2) is 4.68 Å². The summed E-state index contributed by atoms with van der Waals surface area (Å²) in [7, 11) is 0. The van der Waals surface area contributed by atoms with Crippen molar-refractivity contribution < 1.29 is 9.59 Å². The maximum absolute atomic E-state index is 12.8. The van der Waals surface area contributed by atoms with Crippen LogP contribution in [-0.4, -0.2) is 39.6 Å². The summed E-state index contributed by atoms with van der Waals surface area (Å²) in [5.41, 5.74) is 6.69. The molecule has 124 valence electrons. The second kappa shape index (κ2) is 5.78. The van der Waals surface area contributed by atoms with Crippen molar-refractivity contribution in [3.8, 4) is 5.69 Å². The summed E-state index contributed by atoms with van der Waals surface area (Å²) >= 11 is 0. The number of carbonyl (C=O) groups excluding carboxylic acids is 2. The molecule has 1 aromatic heterocycles. The number of benzene rings is 1. The number of likely N-dealkylation sites (tertiary alicyclic amines) is 1. The monoisotopic (exact) mass is 324 g/mol. The smallest absolute Gasteiger partial charge is 0.274 e. The van der Waals surface area contributed by atoms with Crippen LogP contribution in [0.1, 0.15) is 40.2 Å². The quantitative estimate of drug-likeness (QED) is 0.935. The third-order valence-corrected chi connectivity index (χ3v) is 5.20. The van der Waals surface area contributed by atoms with Crippen molar-refractivity contribution in [2.75, 3.05) is 13.1 Å². The summed E-state index contributed by atoms with van der Waals surface area (Å²) in [5.74, 6) is 0.548. The lowest BCUT2D eigenvalue weighted by Gasteiger charge is -2.15. The van der Waals surface area contributed by atoms with Crippen LogP contribution in [0.2, 0.25) is 0 Å². The van der Waals surface area contributed by atoms with Gasteiger partial charge in [0.25, 0.3) is 11.8 Å². The molecule has 6 nitrogen and oxygen atoms in total. The van der Waals surface area contributed by atoms with Gasteiger partial charge >= 0.3 is 0 Å². The number of fused-ring (bicyclic) bond motifs is 1. The van der Waals surface area contributed by atoms with Crippen LogP contribution < -0.4 is 5.73 Å². The van der Waals surface area contributed by atoms with Crippen LogP contribution in [0.5, 0.6) is 0 Å². The van der Waals surface area contributed by atoms with Crippen LogP contribution in [0.25, 0.3) is 5.69 Å². The number of hydrogen-bond acceptors (Lipinski definition) is 3. The lowest BCUT2D eigenvalue weighted by atomic mass is 10.0. The minimum Gasteiger partial charge on any atom is -0.364 e. The number of amides is 2. The third-order valence-electron chi connectivity index (χ3n) is 5.20. The molecule has 2 aliphatic rings. The second-order valence-corrected chi connectivity index (χ2v) is 6.69. The highest BCUT2D eigenvalue weighted by Crippen LogP contribution is 2.38. The van der Waals surface area contributed by atoms with E-state index in [0.29, 0.717) is 17.5 Å². The molecule has 2 heterocycles. The van der Waals surface area contributed by atoms with Gasteiger partial charge in [-0.05, 0) is 36.8 Å². The molecule has 6 heteroatoms. The van der Waals surface area contributed by atoms with Crippen molar-refractivity contribution in [1.29, 1.82) is 0 Å². The van der Waals surface area contributed by atoms with Gasteiger partial charge in [0.05, 0.1) is 5.69 Å². The molecule has 2 aromatic rings. The van der Waals surface area contributed by atoms with E-state index < -0.39 is 5.91 Å². The van der Waals surface area contributed by atoms with E-state index in [0.717, 1.165) is 13.1 Å². The Hall–Kier alpha value is -2.63. The van der Waals surface area contributed by atoms with Crippen LogP contribution >= 0.6 is 0 Å². The first kappa shape index (κ1) is 14.9. The zero-order valence-corrected chi connectivity index (χ0v) is 13.4. The number of nitrogens with two attached hydrogens (primary N) is 1. The first-order chi connectivity index (χ1) is 11.6. The van der Waals surface area contributed by atoms with Crippen molar-refractivity contribution in [1.82, 2.24) is 14.7 Å². The Morgan fingerprint density at radius 2 is 1.75 bits per heavy atom. The van der Waals surface area contributed by atoms with Gasteiger partial charge in [-0.1, -0.05) is 24.6 Å². The molecule has 2 atom stereocenters. The number of aromatic nitrogens is 2. The number of carbonyl (C=O) groups is 2. The fraction of sp³-hybridized carbons (Fsp3) is 0.389. The van der Waals surface area contributed by atoms with Gasteiger partial charge in [0.15, 0.2) is 5.69 Å².